The van der Waals surface area contributed by atoms with E-state index >= 15 is 0 Å². The van der Waals surface area contributed by atoms with Crippen molar-refractivity contribution in [3.05, 3.63) is 35.7 Å². The van der Waals surface area contributed by atoms with Crippen molar-refractivity contribution in [3.63, 3.8) is 0 Å². The minimum absolute atomic E-state index is 0.223. The van der Waals surface area contributed by atoms with Crippen LogP contribution in [0, 0.1) is 18.3 Å². The molecular formula is C15H17N5O2. The van der Waals surface area contributed by atoms with Gasteiger partial charge in [0.25, 0.3) is 0 Å². The lowest BCUT2D eigenvalue weighted by atomic mass is 10.2. The predicted molar refractivity (Wildman–Crippen MR) is 80.4 cm³/mol. The van der Waals surface area contributed by atoms with Gasteiger partial charge in [-0.2, -0.15) is 5.26 Å². The Hall–Kier alpha value is -2.88. The number of benzene rings is 1. The van der Waals surface area contributed by atoms with Gasteiger partial charge in [-0.05, 0) is 45.0 Å². The van der Waals surface area contributed by atoms with Crippen molar-refractivity contribution in [2.75, 3.05) is 11.9 Å². The SMILES string of the molecule is CCOc1ccc(NC(=O)C(C)n2nnc(C#N)c2C)cc1. The van der Waals surface area contributed by atoms with Crippen LogP contribution in [0.15, 0.2) is 24.3 Å². The topological polar surface area (TPSA) is 92.8 Å². The van der Waals surface area contributed by atoms with Gasteiger partial charge >= 0.3 is 0 Å². The van der Waals surface area contributed by atoms with Crippen molar-refractivity contribution >= 4 is 11.6 Å². The van der Waals surface area contributed by atoms with Crippen LogP contribution in [0.2, 0.25) is 0 Å². The molecule has 0 saturated heterocycles. The van der Waals surface area contributed by atoms with Crippen LogP contribution >= 0.6 is 0 Å². The van der Waals surface area contributed by atoms with Gasteiger partial charge in [0.2, 0.25) is 5.91 Å². The van der Waals surface area contributed by atoms with E-state index in [1.165, 1.54) is 4.68 Å². The minimum Gasteiger partial charge on any atom is -0.494 e. The van der Waals surface area contributed by atoms with Crippen LogP contribution in [0.3, 0.4) is 0 Å². The lowest BCUT2D eigenvalue weighted by molar-refractivity contribution is -0.119. The van der Waals surface area contributed by atoms with Gasteiger partial charge < -0.3 is 10.1 Å². The van der Waals surface area contributed by atoms with Gasteiger partial charge in [-0.3, -0.25) is 4.79 Å². The van der Waals surface area contributed by atoms with Crippen LogP contribution in [-0.4, -0.2) is 27.5 Å². The normalized spacial score (nSPS) is 11.5. The predicted octanol–water partition coefficient (Wildman–Crippen LogP) is 2.06. The molecule has 1 aromatic heterocycles. The molecule has 1 atom stereocenters. The lowest BCUT2D eigenvalue weighted by Gasteiger charge is -2.13. The number of rotatable bonds is 5. The van der Waals surface area contributed by atoms with Gasteiger partial charge in [0, 0.05) is 5.69 Å². The first kappa shape index (κ1) is 15.5. The fraction of sp³-hybridized carbons (Fsp3) is 0.333. The average Bonchev–Trinajstić information content (AvgIpc) is 2.89. The van der Waals surface area contributed by atoms with Gasteiger partial charge in [0.1, 0.15) is 17.9 Å². The Bertz CT molecular complexity index is 700. The second-order valence-corrected chi connectivity index (χ2v) is 4.70. The Morgan fingerprint density at radius 1 is 1.45 bits per heavy atom. The molecule has 22 heavy (non-hydrogen) atoms. The third-order valence-electron chi connectivity index (χ3n) is 3.21. The molecule has 0 spiro atoms. The number of hydrogen-bond donors (Lipinski definition) is 1. The number of nitrogens with zero attached hydrogens (tertiary/aromatic N) is 4. The lowest BCUT2D eigenvalue weighted by Crippen LogP contribution is -2.25. The van der Waals surface area contributed by atoms with E-state index in [9.17, 15) is 4.79 Å². The zero-order valence-corrected chi connectivity index (χ0v) is 12.7. The molecule has 0 aliphatic rings. The monoisotopic (exact) mass is 299 g/mol. The first-order valence-electron chi connectivity index (χ1n) is 6.92. The Kier molecular flexibility index (Phi) is 4.73. The highest BCUT2D eigenvalue weighted by atomic mass is 16.5. The van der Waals surface area contributed by atoms with Gasteiger partial charge in [-0.25, -0.2) is 4.68 Å². The summed E-state index contributed by atoms with van der Waals surface area (Å²) < 4.78 is 6.78. The maximum Gasteiger partial charge on any atom is 0.249 e. The summed E-state index contributed by atoms with van der Waals surface area (Å²) in [6, 6.07) is 8.49. The highest BCUT2D eigenvalue weighted by molar-refractivity contribution is 5.93. The molecule has 1 amide bonds. The molecule has 0 saturated carbocycles. The fourth-order valence-corrected chi connectivity index (χ4v) is 1.97. The van der Waals surface area contributed by atoms with Crippen LogP contribution in [0.4, 0.5) is 5.69 Å². The maximum absolute atomic E-state index is 12.3. The van der Waals surface area contributed by atoms with Crippen LogP contribution in [0.5, 0.6) is 5.75 Å². The molecule has 1 heterocycles. The highest BCUT2D eigenvalue weighted by Crippen LogP contribution is 2.18. The summed E-state index contributed by atoms with van der Waals surface area (Å²) in [6.07, 6.45) is 0. The molecule has 2 rings (SSSR count). The van der Waals surface area contributed by atoms with Crippen molar-refractivity contribution in [2.24, 2.45) is 0 Å². The minimum atomic E-state index is -0.568. The summed E-state index contributed by atoms with van der Waals surface area (Å²) in [4.78, 5) is 12.3. The quantitative estimate of drug-likeness (QED) is 0.912. The van der Waals surface area contributed by atoms with E-state index in [2.05, 4.69) is 15.6 Å². The standard InChI is InChI=1S/C15H17N5O2/c1-4-22-13-7-5-12(6-8-13)17-15(21)11(3)20-10(2)14(9-16)18-19-20/h5-8,11H,4H2,1-3H3,(H,17,21). The molecule has 0 aliphatic heterocycles. The number of carbonyl (C=O) groups excluding carboxylic acids is 1. The Labute approximate surface area is 128 Å². The van der Waals surface area contributed by atoms with Crippen molar-refractivity contribution in [1.82, 2.24) is 15.0 Å². The Balaban J connectivity index is 2.08. The van der Waals surface area contributed by atoms with Crippen molar-refractivity contribution in [1.29, 1.82) is 5.26 Å². The van der Waals surface area contributed by atoms with Crippen LogP contribution < -0.4 is 10.1 Å². The molecule has 1 N–H and O–H groups in total. The molecular weight excluding hydrogens is 282 g/mol. The van der Waals surface area contributed by atoms with Gasteiger partial charge in [-0.15, -0.1) is 5.10 Å². The number of amides is 1. The first-order chi connectivity index (χ1) is 10.6. The number of hydrogen-bond acceptors (Lipinski definition) is 5. The van der Waals surface area contributed by atoms with Crippen LogP contribution in [-0.2, 0) is 4.79 Å². The molecule has 0 bridgehead atoms. The van der Waals surface area contributed by atoms with Crippen LogP contribution in [0.1, 0.15) is 31.3 Å². The second kappa shape index (κ2) is 6.72. The largest absolute Gasteiger partial charge is 0.494 e. The van der Waals surface area contributed by atoms with E-state index in [0.717, 1.165) is 5.75 Å². The average molecular weight is 299 g/mol. The van der Waals surface area contributed by atoms with E-state index in [1.54, 1.807) is 38.1 Å². The van der Waals surface area contributed by atoms with E-state index in [0.29, 0.717) is 18.0 Å². The summed E-state index contributed by atoms with van der Waals surface area (Å²) in [6.45, 7) is 5.91. The fourth-order valence-electron chi connectivity index (χ4n) is 1.97. The summed E-state index contributed by atoms with van der Waals surface area (Å²) in [5.74, 6) is 0.515. The number of carbonyl (C=O) groups is 1. The highest BCUT2D eigenvalue weighted by Gasteiger charge is 2.20. The molecule has 0 fully saturated rings. The number of nitriles is 1. The number of ether oxygens (including phenoxy) is 1. The molecule has 2 aromatic rings. The number of anilines is 1. The van der Waals surface area contributed by atoms with Gasteiger partial charge in [-0.1, -0.05) is 5.21 Å². The van der Waals surface area contributed by atoms with Crippen molar-refractivity contribution in [3.8, 4) is 11.8 Å². The smallest absolute Gasteiger partial charge is 0.249 e. The van der Waals surface area contributed by atoms with Gasteiger partial charge in [0.05, 0.1) is 12.3 Å². The first-order valence-corrected chi connectivity index (χ1v) is 6.92. The summed E-state index contributed by atoms with van der Waals surface area (Å²) in [5.41, 5.74) is 1.45. The second-order valence-electron chi connectivity index (χ2n) is 4.70. The third kappa shape index (κ3) is 3.23. The Morgan fingerprint density at radius 3 is 2.68 bits per heavy atom. The molecule has 7 nitrogen and oxygen atoms in total. The van der Waals surface area contributed by atoms with E-state index in [1.807, 2.05) is 13.0 Å². The van der Waals surface area contributed by atoms with Gasteiger partial charge in [0.15, 0.2) is 5.69 Å². The van der Waals surface area contributed by atoms with Crippen molar-refractivity contribution < 1.29 is 9.53 Å². The zero-order chi connectivity index (χ0) is 16.1. The van der Waals surface area contributed by atoms with E-state index in [-0.39, 0.29) is 11.6 Å². The zero-order valence-electron chi connectivity index (χ0n) is 12.7. The third-order valence-corrected chi connectivity index (χ3v) is 3.21. The summed E-state index contributed by atoms with van der Waals surface area (Å²) >= 11 is 0. The molecule has 7 heteroatoms. The molecule has 114 valence electrons. The molecule has 1 unspecified atom stereocenters. The maximum atomic E-state index is 12.3. The Morgan fingerprint density at radius 2 is 2.14 bits per heavy atom. The summed E-state index contributed by atoms with van der Waals surface area (Å²) in [7, 11) is 0. The molecule has 0 radical (unpaired) electrons. The van der Waals surface area contributed by atoms with E-state index in [4.69, 9.17) is 10.00 Å². The number of nitrogens with one attached hydrogen (secondary N) is 1. The van der Waals surface area contributed by atoms with Crippen molar-refractivity contribution in [2.45, 2.75) is 26.8 Å². The van der Waals surface area contributed by atoms with E-state index < -0.39 is 6.04 Å². The summed E-state index contributed by atoms with van der Waals surface area (Å²) in [5, 5.41) is 19.3. The molecule has 0 aliphatic carbocycles. The number of aromatic nitrogens is 3. The molecule has 1 aromatic carbocycles. The van der Waals surface area contributed by atoms with Crippen LogP contribution in [0.25, 0.3) is 0 Å².